The van der Waals surface area contributed by atoms with Gasteiger partial charge in [0.05, 0.1) is 6.10 Å². The maximum absolute atomic E-state index is 9.67. The van der Waals surface area contributed by atoms with Gasteiger partial charge in [0.15, 0.2) is 0 Å². The molecule has 1 heterocycles. The van der Waals surface area contributed by atoms with E-state index in [4.69, 9.17) is 0 Å². The van der Waals surface area contributed by atoms with Gasteiger partial charge in [-0.15, -0.1) is 6.58 Å². The van der Waals surface area contributed by atoms with Crippen LogP contribution in [0.25, 0.3) is 0 Å². The molecule has 0 aliphatic heterocycles. The van der Waals surface area contributed by atoms with Crippen molar-refractivity contribution in [2.75, 3.05) is 0 Å². The summed E-state index contributed by atoms with van der Waals surface area (Å²) in [5.74, 6) is 0. The first-order valence-electron chi connectivity index (χ1n) is 4.13. The third-order valence-corrected chi connectivity index (χ3v) is 2.19. The Balaban J connectivity index is 2.65. The Bertz CT molecular complexity index is 288. The molecule has 0 saturated heterocycles. The van der Waals surface area contributed by atoms with Crippen LogP contribution >= 0.6 is 15.9 Å². The van der Waals surface area contributed by atoms with Crippen molar-refractivity contribution in [2.24, 2.45) is 0 Å². The second kappa shape index (κ2) is 5.14. The van der Waals surface area contributed by atoms with Crippen LogP contribution in [0.3, 0.4) is 0 Å². The standard InChI is InChI=1S/C10H12BrNO/c1-2-3-4-10(13)8-5-9(11)7-12-6-8/h2,5-7,10,13H,1,3-4H2. The largest absolute Gasteiger partial charge is 0.388 e. The van der Waals surface area contributed by atoms with Crippen LogP contribution in [0.1, 0.15) is 24.5 Å². The van der Waals surface area contributed by atoms with E-state index in [1.807, 2.05) is 6.07 Å². The van der Waals surface area contributed by atoms with Crippen molar-refractivity contribution < 1.29 is 5.11 Å². The molecule has 3 heteroatoms. The highest BCUT2D eigenvalue weighted by Gasteiger charge is 2.06. The van der Waals surface area contributed by atoms with Gasteiger partial charge in [0.2, 0.25) is 0 Å². The summed E-state index contributed by atoms with van der Waals surface area (Å²) in [6.07, 6.45) is 6.25. The number of aliphatic hydroxyl groups excluding tert-OH is 1. The normalized spacial score (nSPS) is 12.5. The molecule has 70 valence electrons. The first kappa shape index (κ1) is 10.4. The Morgan fingerprint density at radius 3 is 3.00 bits per heavy atom. The first-order chi connectivity index (χ1) is 6.24. The molecular weight excluding hydrogens is 230 g/mol. The molecular formula is C10H12BrNO. The summed E-state index contributed by atoms with van der Waals surface area (Å²) < 4.78 is 0.891. The lowest BCUT2D eigenvalue weighted by Gasteiger charge is -2.08. The van der Waals surface area contributed by atoms with Crippen LogP contribution in [-0.4, -0.2) is 10.1 Å². The Hall–Kier alpha value is -0.670. The quantitative estimate of drug-likeness (QED) is 0.823. The van der Waals surface area contributed by atoms with Crippen molar-refractivity contribution in [1.29, 1.82) is 0 Å². The number of hydrogen-bond acceptors (Lipinski definition) is 2. The molecule has 0 fully saturated rings. The molecule has 1 N–H and O–H groups in total. The summed E-state index contributed by atoms with van der Waals surface area (Å²) in [6, 6.07) is 1.88. The van der Waals surface area contributed by atoms with Gasteiger partial charge in [0.25, 0.3) is 0 Å². The number of nitrogens with zero attached hydrogens (tertiary/aromatic N) is 1. The highest BCUT2D eigenvalue weighted by molar-refractivity contribution is 9.10. The molecule has 1 unspecified atom stereocenters. The maximum Gasteiger partial charge on any atom is 0.0808 e. The van der Waals surface area contributed by atoms with E-state index in [0.29, 0.717) is 6.42 Å². The van der Waals surface area contributed by atoms with Gasteiger partial charge in [0.1, 0.15) is 0 Å². The van der Waals surface area contributed by atoms with Gasteiger partial charge >= 0.3 is 0 Å². The van der Waals surface area contributed by atoms with Crippen LogP contribution in [0.2, 0.25) is 0 Å². The number of pyridine rings is 1. The molecule has 13 heavy (non-hydrogen) atoms. The van der Waals surface area contributed by atoms with Crippen LogP contribution in [0.15, 0.2) is 35.6 Å². The topological polar surface area (TPSA) is 33.1 Å². The Morgan fingerprint density at radius 2 is 2.38 bits per heavy atom. The van der Waals surface area contributed by atoms with Gasteiger partial charge in [-0.1, -0.05) is 6.08 Å². The highest BCUT2D eigenvalue weighted by Crippen LogP contribution is 2.20. The van der Waals surface area contributed by atoms with Gasteiger partial charge in [-0.2, -0.15) is 0 Å². The van der Waals surface area contributed by atoms with Crippen molar-refractivity contribution in [3.63, 3.8) is 0 Å². The smallest absolute Gasteiger partial charge is 0.0808 e. The molecule has 0 aliphatic carbocycles. The van der Waals surface area contributed by atoms with E-state index in [-0.39, 0.29) is 0 Å². The predicted molar refractivity (Wildman–Crippen MR) is 56.3 cm³/mol. The van der Waals surface area contributed by atoms with Crippen LogP contribution in [0.4, 0.5) is 0 Å². The minimum absolute atomic E-state index is 0.442. The Kier molecular flexibility index (Phi) is 4.12. The zero-order valence-electron chi connectivity index (χ0n) is 7.28. The fourth-order valence-corrected chi connectivity index (χ4v) is 1.44. The number of allylic oxidation sites excluding steroid dienone is 1. The molecule has 0 bridgehead atoms. The zero-order chi connectivity index (χ0) is 9.68. The molecule has 0 saturated carbocycles. The number of rotatable bonds is 4. The minimum atomic E-state index is -0.442. The van der Waals surface area contributed by atoms with Crippen LogP contribution in [0.5, 0.6) is 0 Å². The minimum Gasteiger partial charge on any atom is -0.388 e. The van der Waals surface area contributed by atoms with Gasteiger partial charge in [-0.25, -0.2) is 0 Å². The van der Waals surface area contributed by atoms with E-state index in [1.165, 1.54) is 0 Å². The van der Waals surface area contributed by atoms with Crippen LogP contribution in [-0.2, 0) is 0 Å². The number of hydrogen-bond donors (Lipinski definition) is 1. The van der Waals surface area contributed by atoms with E-state index in [1.54, 1.807) is 18.5 Å². The predicted octanol–water partition coefficient (Wildman–Crippen LogP) is 2.84. The number of aromatic nitrogens is 1. The van der Waals surface area contributed by atoms with Crippen molar-refractivity contribution >= 4 is 15.9 Å². The molecule has 2 nitrogen and oxygen atoms in total. The van der Waals surface area contributed by atoms with Crippen LogP contribution < -0.4 is 0 Å². The van der Waals surface area contributed by atoms with Crippen molar-refractivity contribution in [3.05, 3.63) is 41.2 Å². The summed E-state index contributed by atoms with van der Waals surface area (Å²) in [4.78, 5) is 3.98. The lowest BCUT2D eigenvalue weighted by atomic mass is 10.1. The lowest BCUT2D eigenvalue weighted by molar-refractivity contribution is 0.168. The third kappa shape index (κ3) is 3.28. The average molecular weight is 242 g/mol. The molecule has 1 aromatic rings. The molecule has 0 amide bonds. The molecule has 1 atom stereocenters. The summed E-state index contributed by atoms with van der Waals surface area (Å²) in [6.45, 7) is 3.61. The van der Waals surface area contributed by atoms with Crippen molar-refractivity contribution in [1.82, 2.24) is 4.98 Å². The van der Waals surface area contributed by atoms with Crippen LogP contribution in [0, 0.1) is 0 Å². The number of halogens is 1. The zero-order valence-corrected chi connectivity index (χ0v) is 8.87. The molecule has 0 aromatic carbocycles. The van der Waals surface area contributed by atoms with Crippen molar-refractivity contribution in [2.45, 2.75) is 18.9 Å². The van der Waals surface area contributed by atoms with E-state index < -0.39 is 6.10 Å². The molecule has 1 rings (SSSR count). The maximum atomic E-state index is 9.67. The Labute approximate surface area is 86.4 Å². The molecule has 0 spiro atoms. The lowest BCUT2D eigenvalue weighted by Crippen LogP contribution is -1.97. The summed E-state index contributed by atoms with van der Waals surface area (Å²) >= 11 is 3.30. The van der Waals surface area contributed by atoms with Crippen molar-refractivity contribution in [3.8, 4) is 0 Å². The highest BCUT2D eigenvalue weighted by atomic mass is 79.9. The van der Waals surface area contributed by atoms with E-state index in [0.717, 1.165) is 16.5 Å². The fourth-order valence-electron chi connectivity index (χ4n) is 1.05. The van der Waals surface area contributed by atoms with Gasteiger partial charge in [0, 0.05) is 16.9 Å². The van der Waals surface area contributed by atoms with Gasteiger partial charge in [-0.05, 0) is 40.4 Å². The third-order valence-electron chi connectivity index (χ3n) is 1.76. The van der Waals surface area contributed by atoms with E-state index >= 15 is 0 Å². The van der Waals surface area contributed by atoms with Gasteiger partial charge < -0.3 is 5.11 Å². The number of aliphatic hydroxyl groups is 1. The first-order valence-corrected chi connectivity index (χ1v) is 4.92. The summed E-state index contributed by atoms with van der Waals surface area (Å²) in [7, 11) is 0. The molecule has 0 radical (unpaired) electrons. The Morgan fingerprint density at radius 1 is 1.62 bits per heavy atom. The van der Waals surface area contributed by atoms with E-state index in [2.05, 4.69) is 27.5 Å². The second-order valence-corrected chi connectivity index (χ2v) is 3.73. The summed E-state index contributed by atoms with van der Waals surface area (Å²) in [5.41, 5.74) is 0.844. The second-order valence-electron chi connectivity index (χ2n) is 2.82. The summed E-state index contributed by atoms with van der Waals surface area (Å²) in [5, 5.41) is 9.67. The molecule has 1 aromatic heterocycles. The van der Waals surface area contributed by atoms with Gasteiger partial charge in [-0.3, -0.25) is 4.98 Å². The molecule has 0 aliphatic rings. The monoisotopic (exact) mass is 241 g/mol. The average Bonchev–Trinajstić information content (AvgIpc) is 2.14. The fraction of sp³-hybridized carbons (Fsp3) is 0.300. The SMILES string of the molecule is C=CCCC(O)c1cncc(Br)c1. The van der Waals surface area contributed by atoms with E-state index in [9.17, 15) is 5.11 Å².